The highest BCUT2D eigenvalue weighted by atomic mass is 32.2. The number of hydrogen-bond donors (Lipinski definition) is 1. The standard InChI is InChI=1S/C15H11F3N2O3S3/c1-9-7-25-14(19-9)10-6-13(24-8-10)26(21,22)20-11-2-4-12(5-3-11)23-15(16,17)18/h2-8,20H,1H3. The molecule has 0 bridgehead atoms. The molecule has 0 amide bonds. The number of anilines is 1. The molecule has 138 valence electrons. The fourth-order valence-corrected chi connectivity index (χ4v) is 5.07. The molecular formula is C15H11F3N2O3S3. The third kappa shape index (κ3) is 4.54. The zero-order valence-electron chi connectivity index (χ0n) is 13.1. The van der Waals surface area contributed by atoms with Crippen LogP contribution in [0.4, 0.5) is 18.9 Å². The van der Waals surface area contributed by atoms with E-state index in [2.05, 4.69) is 14.4 Å². The summed E-state index contributed by atoms with van der Waals surface area (Å²) in [5.74, 6) is -0.432. The van der Waals surface area contributed by atoms with E-state index in [1.54, 1.807) is 5.38 Å². The number of benzene rings is 1. The SMILES string of the molecule is Cc1csc(-c2csc(S(=O)(=O)Nc3ccc(OC(F)(F)F)cc3)c2)n1. The summed E-state index contributed by atoms with van der Waals surface area (Å²) in [5.41, 5.74) is 1.67. The van der Waals surface area contributed by atoms with E-state index in [1.165, 1.54) is 29.5 Å². The molecule has 0 saturated heterocycles. The van der Waals surface area contributed by atoms with E-state index in [4.69, 9.17) is 0 Å². The van der Waals surface area contributed by atoms with Crippen molar-refractivity contribution >= 4 is 38.4 Å². The number of alkyl halides is 3. The van der Waals surface area contributed by atoms with Gasteiger partial charge in [0, 0.05) is 27.7 Å². The number of sulfonamides is 1. The molecule has 26 heavy (non-hydrogen) atoms. The molecule has 0 radical (unpaired) electrons. The lowest BCUT2D eigenvalue weighted by atomic mass is 10.3. The predicted molar refractivity (Wildman–Crippen MR) is 94.1 cm³/mol. The second-order valence-electron chi connectivity index (χ2n) is 5.13. The van der Waals surface area contributed by atoms with Crippen LogP contribution >= 0.6 is 22.7 Å². The summed E-state index contributed by atoms with van der Waals surface area (Å²) >= 11 is 2.44. The first-order valence-electron chi connectivity index (χ1n) is 7.02. The van der Waals surface area contributed by atoms with E-state index in [1.807, 2.05) is 12.3 Å². The quantitative estimate of drug-likeness (QED) is 0.639. The van der Waals surface area contributed by atoms with Crippen molar-refractivity contribution in [3.63, 3.8) is 0 Å². The van der Waals surface area contributed by atoms with E-state index in [0.29, 0.717) is 10.6 Å². The van der Waals surface area contributed by atoms with Crippen LogP contribution in [0.3, 0.4) is 0 Å². The van der Waals surface area contributed by atoms with E-state index < -0.39 is 22.1 Å². The normalized spacial score (nSPS) is 12.2. The zero-order chi connectivity index (χ0) is 18.9. The summed E-state index contributed by atoms with van der Waals surface area (Å²) in [7, 11) is -3.86. The first-order chi connectivity index (χ1) is 12.1. The first kappa shape index (κ1) is 18.7. The van der Waals surface area contributed by atoms with Crippen LogP contribution in [0.15, 0.2) is 45.3 Å². The summed E-state index contributed by atoms with van der Waals surface area (Å²) in [6.45, 7) is 1.84. The summed E-state index contributed by atoms with van der Waals surface area (Å²) in [6.07, 6.45) is -4.80. The fraction of sp³-hybridized carbons (Fsp3) is 0.133. The molecule has 0 saturated carbocycles. The van der Waals surface area contributed by atoms with Crippen molar-refractivity contribution in [1.29, 1.82) is 0 Å². The minimum absolute atomic E-state index is 0.0796. The minimum atomic E-state index is -4.80. The summed E-state index contributed by atoms with van der Waals surface area (Å²) in [5, 5.41) is 4.27. The van der Waals surface area contributed by atoms with Gasteiger partial charge in [-0.2, -0.15) is 0 Å². The Hall–Kier alpha value is -2.11. The lowest BCUT2D eigenvalue weighted by Crippen LogP contribution is -2.17. The number of nitrogens with zero attached hydrogens (tertiary/aromatic N) is 1. The lowest BCUT2D eigenvalue weighted by Gasteiger charge is -2.10. The molecule has 0 atom stereocenters. The number of rotatable bonds is 5. The second-order valence-corrected chi connectivity index (χ2v) is 8.80. The number of hydrogen-bond acceptors (Lipinski definition) is 6. The number of nitrogens with one attached hydrogen (secondary N) is 1. The van der Waals surface area contributed by atoms with Crippen LogP contribution in [0.25, 0.3) is 10.6 Å². The Morgan fingerprint density at radius 1 is 1.12 bits per heavy atom. The van der Waals surface area contributed by atoms with E-state index in [-0.39, 0.29) is 9.90 Å². The van der Waals surface area contributed by atoms with Gasteiger partial charge in [-0.25, -0.2) is 13.4 Å². The van der Waals surface area contributed by atoms with Gasteiger partial charge < -0.3 is 4.74 Å². The smallest absolute Gasteiger partial charge is 0.406 e. The maximum Gasteiger partial charge on any atom is 0.573 e. The molecule has 2 heterocycles. The molecule has 0 spiro atoms. The number of ether oxygens (including phenoxy) is 1. The molecule has 1 aromatic carbocycles. The Bertz CT molecular complexity index is 1010. The molecule has 0 aliphatic heterocycles. The number of thiophene rings is 1. The van der Waals surface area contributed by atoms with Crippen LogP contribution in [0, 0.1) is 6.92 Å². The van der Waals surface area contributed by atoms with Crippen molar-refractivity contribution < 1.29 is 26.3 Å². The minimum Gasteiger partial charge on any atom is -0.406 e. The second kappa shape index (κ2) is 6.89. The van der Waals surface area contributed by atoms with Crippen LogP contribution in [0.1, 0.15) is 5.69 Å². The molecular weight excluding hydrogens is 409 g/mol. The van der Waals surface area contributed by atoms with Crippen molar-refractivity contribution in [2.75, 3.05) is 4.72 Å². The van der Waals surface area contributed by atoms with Gasteiger partial charge in [0.1, 0.15) is 15.0 Å². The molecule has 0 aliphatic rings. The van der Waals surface area contributed by atoms with Crippen molar-refractivity contribution in [3.05, 3.63) is 46.8 Å². The number of aromatic nitrogens is 1. The molecule has 0 unspecified atom stereocenters. The molecule has 1 N–H and O–H groups in total. The van der Waals surface area contributed by atoms with Crippen molar-refractivity contribution in [1.82, 2.24) is 4.98 Å². The van der Waals surface area contributed by atoms with Crippen molar-refractivity contribution in [3.8, 4) is 16.3 Å². The average Bonchev–Trinajstić information content (AvgIpc) is 3.16. The van der Waals surface area contributed by atoms with Gasteiger partial charge in [0.25, 0.3) is 10.0 Å². The molecule has 5 nitrogen and oxygen atoms in total. The summed E-state index contributed by atoms with van der Waals surface area (Å²) in [4.78, 5) is 4.30. The Morgan fingerprint density at radius 2 is 1.81 bits per heavy atom. The molecule has 11 heteroatoms. The van der Waals surface area contributed by atoms with Gasteiger partial charge in [0.05, 0.1) is 0 Å². The number of aryl methyl sites for hydroxylation is 1. The van der Waals surface area contributed by atoms with E-state index in [0.717, 1.165) is 29.2 Å². The highest BCUT2D eigenvalue weighted by Crippen LogP contribution is 2.32. The predicted octanol–water partition coefficient (Wildman–Crippen LogP) is 4.88. The van der Waals surface area contributed by atoms with Gasteiger partial charge in [0.2, 0.25) is 0 Å². The van der Waals surface area contributed by atoms with Crippen LogP contribution < -0.4 is 9.46 Å². The van der Waals surface area contributed by atoms with Crippen LogP contribution in [0.5, 0.6) is 5.75 Å². The highest BCUT2D eigenvalue weighted by molar-refractivity contribution is 7.94. The first-order valence-corrected chi connectivity index (χ1v) is 10.3. The largest absolute Gasteiger partial charge is 0.573 e. The van der Waals surface area contributed by atoms with Crippen LogP contribution in [-0.4, -0.2) is 19.8 Å². The maximum absolute atomic E-state index is 12.4. The molecule has 0 aliphatic carbocycles. The van der Waals surface area contributed by atoms with Crippen molar-refractivity contribution in [2.45, 2.75) is 17.5 Å². The summed E-state index contributed by atoms with van der Waals surface area (Å²) < 4.78 is 67.4. The Labute approximate surface area is 155 Å². The molecule has 3 rings (SSSR count). The maximum atomic E-state index is 12.4. The number of thiazole rings is 1. The van der Waals surface area contributed by atoms with Gasteiger partial charge in [0.15, 0.2) is 0 Å². The van der Waals surface area contributed by atoms with E-state index in [9.17, 15) is 21.6 Å². The molecule has 2 aromatic heterocycles. The molecule has 3 aromatic rings. The van der Waals surface area contributed by atoms with Gasteiger partial charge in [-0.05, 0) is 37.3 Å². The van der Waals surface area contributed by atoms with Gasteiger partial charge in [-0.15, -0.1) is 35.8 Å². The van der Waals surface area contributed by atoms with Crippen LogP contribution in [-0.2, 0) is 10.0 Å². The highest BCUT2D eigenvalue weighted by Gasteiger charge is 2.31. The van der Waals surface area contributed by atoms with Gasteiger partial charge >= 0.3 is 6.36 Å². The van der Waals surface area contributed by atoms with E-state index >= 15 is 0 Å². The number of halogens is 3. The van der Waals surface area contributed by atoms with Gasteiger partial charge in [-0.1, -0.05) is 0 Å². The lowest BCUT2D eigenvalue weighted by molar-refractivity contribution is -0.274. The molecule has 0 fully saturated rings. The monoisotopic (exact) mass is 420 g/mol. The Morgan fingerprint density at radius 3 is 2.38 bits per heavy atom. The Balaban J connectivity index is 1.76. The topological polar surface area (TPSA) is 68.3 Å². The Kier molecular flexibility index (Phi) is 4.95. The zero-order valence-corrected chi connectivity index (χ0v) is 15.5. The van der Waals surface area contributed by atoms with Crippen molar-refractivity contribution in [2.24, 2.45) is 0 Å². The third-order valence-corrected chi connectivity index (χ3v) is 6.88. The fourth-order valence-electron chi connectivity index (χ4n) is 1.99. The van der Waals surface area contributed by atoms with Gasteiger partial charge in [-0.3, -0.25) is 4.72 Å². The average molecular weight is 420 g/mol. The summed E-state index contributed by atoms with van der Waals surface area (Å²) in [6, 6.07) is 5.95. The third-order valence-electron chi connectivity index (χ3n) is 3.05. The van der Waals surface area contributed by atoms with Crippen LogP contribution in [0.2, 0.25) is 0 Å².